The van der Waals surface area contributed by atoms with Gasteiger partial charge in [-0.25, -0.2) is 4.98 Å². The van der Waals surface area contributed by atoms with Gasteiger partial charge in [-0.3, -0.25) is 0 Å². The molecule has 0 aliphatic rings. The van der Waals surface area contributed by atoms with E-state index in [-0.39, 0.29) is 18.0 Å². The number of benzene rings is 1. The smallest absolute Gasteiger partial charge is 0.200 e. The van der Waals surface area contributed by atoms with Gasteiger partial charge in [-0.1, -0.05) is 11.6 Å². The summed E-state index contributed by atoms with van der Waals surface area (Å²) >= 11 is 9.19. The molecular weight excluding hydrogens is 336 g/mol. The van der Waals surface area contributed by atoms with Crippen molar-refractivity contribution in [3.63, 3.8) is 0 Å². The highest BCUT2D eigenvalue weighted by atomic mass is 79.9. The third-order valence-corrected chi connectivity index (χ3v) is 3.22. The van der Waals surface area contributed by atoms with Crippen molar-refractivity contribution >= 4 is 33.2 Å². The normalized spacial score (nSPS) is 10.4. The van der Waals surface area contributed by atoms with Gasteiger partial charge in [0.2, 0.25) is 5.75 Å². The molecule has 5 nitrogen and oxygen atoms in total. The summed E-state index contributed by atoms with van der Waals surface area (Å²) in [4.78, 5) is 3.95. The molecule has 0 aliphatic heterocycles. The number of pyridine rings is 1. The molecule has 0 unspecified atom stereocenters. The molecule has 2 aromatic rings. The van der Waals surface area contributed by atoms with Gasteiger partial charge in [0.05, 0.1) is 5.69 Å². The van der Waals surface area contributed by atoms with Crippen molar-refractivity contribution in [2.45, 2.75) is 6.54 Å². The van der Waals surface area contributed by atoms with Crippen molar-refractivity contribution in [2.24, 2.45) is 0 Å². The van der Waals surface area contributed by atoms with Crippen molar-refractivity contribution in [3.05, 3.63) is 39.6 Å². The number of phenolic OH excluding ortho intramolecular Hbond substituents is 3. The van der Waals surface area contributed by atoms with E-state index >= 15 is 0 Å². The van der Waals surface area contributed by atoms with Gasteiger partial charge in [0.1, 0.15) is 0 Å². The Bertz CT molecular complexity index is 622. The Morgan fingerprint density at radius 3 is 2.68 bits per heavy atom. The molecule has 7 heteroatoms. The summed E-state index contributed by atoms with van der Waals surface area (Å²) < 4.78 is 0.761. The van der Waals surface area contributed by atoms with E-state index in [2.05, 4.69) is 26.2 Å². The number of nitrogens with one attached hydrogen (secondary N) is 1. The van der Waals surface area contributed by atoms with Gasteiger partial charge in [-0.15, -0.1) is 0 Å². The fraction of sp³-hybridized carbons (Fsp3) is 0.0833. The maximum atomic E-state index is 9.67. The van der Waals surface area contributed by atoms with Crippen LogP contribution in [0, 0.1) is 0 Å². The molecule has 0 radical (unpaired) electrons. The minimum Gasteiger partial charge on any atom is -0.504 e. The third kappa shape index (κ3) is 3.02. The third-order valence-electron chi connectivity index (χ3n) is 2.49. The van der Waals surface area contributed by atoms with Crippen LogP contribution in [0.4, 0.5) is 5.69 Å². The molecule has 0 bridgehead atoms. The van der Waals surface area contributed by atoms with Crippen molar-refractivity contribution in [3.8, 4) is 17.2 Å². The van der Waals surface area contributed by atoms with Crippen LogP contribution < -0.4 is 5.32 Å². The maximum absolute atomic E-state index is 9.67. The average molecular weight is 346 g/mol. The fourth-order valence-corrected chi connectivity index (χ4v) is 1.99. The van der Waals surface area contributed by atoms with E-state index in [1.165, 1.54) is 12.1 Å². The van der Waals surface area contributed by atoms with Crippen LogP contribution in [0.3, 0.4) is 0 Å². The molecule has 1 aromatic heterocycles. The fourth-order valence-electron chi connectivity index (χ4n) is 1.49. The minimum absolute atomic E-state index is 0.220. The van der Waals surface area contributed by atoms with Crippen LogP contribution in [0.5, 0.6) is 17.2 Å². The number of aromatic nitrogens is 1. The van der Waals surface area contributed by atoms with Gasteiger partial charge in [0.15, 0.2) is 16.7 Å². The Hall–Kier alpha value is -1.66. The lowest BCUT2D eigenvalue weighted by atomic mass is 10.1. The first-order valence-electron chi connectivity index (χ1n) is 5.26. The predicted octanol–water partition coefficient (Wildman–Crippen LogP) is 3.23. The number of hydrogen-bond acceptors (Lipinski definition) is 5. The number of nitrogens with zero attached hydrogens (tertiary/aromatic N) is 1. The Balaban J connectivity index is 2.19. The average Bonchev–Trinajstić information content (AvgIpc) is 2.39. The number of aromatic hydroxyl groups is 3. The molecule has 1 aromatic carbocycles. The molecule has 0 aliphatic carbocycles. The number of hydrogen-bond donors (Lipinski definition) is 4. The molecule has 4 N–H and O–H groups in total. The molecule has 19 heavy (non-hydrogen) atoms. The van der Waals surface area contributed by atoms with Crippen LogP contribution in [-0.4, -0.2) is 20.3 Å². The number of phenols is 3. The van der Waals surface area contributed by atoms with Gasteiger partial charge < -0.3 is 20.6 Å². The second kappa shape index (κ2) is 5.54. The van der Waals surface area contributed by atoms with E-state index in [1.54, 1.807) is 12.3 Å². The lowest BCUT2D eigenvalue weighted by Gasteiger charge is -2.11. The summed E-state index contributed by atoms with van der Waals surface area (Å²) in [5, 5.41) is 31.6. The second-order valence-corrected chi connectivity index (χ2v) is 5.06. The highest BCUT2D eigenvalue weighted by Gasteiger charge is 2.11. The summed E-state index contributed by atoms with van der Waals surface area (Å²) in [7, 11) is 0. The Morgan fingerprint density at radius 1 is 1.21 bits per heavy atom. The molecule has 0 saturated heterocycles. The van der Waals surface area contributed by atoms with Crippen LogP contribution in [0.25, 0.3) is 0 Å². The van der Waals surface area contributed by atoms with Crippen LogP contribution in [-0.2, 0) is 6.54 Å². The van der Waals surface area contributed by atoms with Gasteiger partial charge in [0.25, 0.3) is 0 Å². The van der Waals surface area contributed by atoms with Crippen LogP contribution in [0.1, 0.15) is 5.56 Å². The van der Waals surface area contributed by atoms with Gasteiger partial charge in [-0.2, -0.15) is 0 Å². The van der Waals surface area contributed by atoms with E-state index in [0.29, 0.717) is 16.4 Å². The van der Waals surface area contributed by atoms with Crippen molar-refractivity contribution in [1.82, 2.24) is 4.98 Å². The molecular formula is C12H10BrClN2O3. The number of rotatable bonds is 3. The number of halogens is 2. The summed E-state index contributed by atoms with van der Waals surface area (Å²) in [5.41, 5.74) is 1.01. The van der Waals surface area contributed by atoms with Crippen LogP contribution in [0.15, 0.2) is 28.9 Å². The highest BCUT2D eigenvalue weighted by Crippen LogP contribution is 2.37. The molecule has 0 atom stereocenters. The quantitative estimate of drug-likeness (QED) is 0.507. The lowest BCUT2D eigenvalue weighted by Crippen LogP contribution is -2.01. The molecule has 0 fully saturated rings. The van der Waals surface area contributed by atoms with Gasteiger partial charge in [-0.05, 0) is 34.1 Å². The van der Waals surface area contributed by atoms with E-state index in [1.807, 2.05) is 0 Å². The van der Waals surface area contributed by atoms with Crippen molar-refractivity contribution in [1.29, 1.82) is 0 Å². The summed E-state index contributed by atoms with van der Waals surface area (Å²) in [6, 6.07) is 4.54. The Morgan fingerprint density at radius 2 is 1.95 bits per heavy atom. The molecule has 0 spiro atoms. The monoisotopic (exact) mass is 344 g/mol. The molecule has 0 saturated carbocycles. The SMILES string of the molecule is Oc1ccc(CNc2cc(Br)cnc2Cl)c(O)c1O. The van der Waals surface area contributed by atoms with Crippen molar-refractivity contribution in [2.75, 3.05) is 5.32 Å². The van der Waals surface area contributed by atoms with E-state index in [9.17, 15) is 15.3 Å². The standard InChI is InChI=1S/C12H10BrClN2O3/c13-7-3-8(12(14)16-5-7)15-4-6-1-2-9(17)11(19)10(6)18/h1-3,5,15,17-19H,4H2. The Labute approximate surface area is 122 Å². The zero-order valence-electron chi connectivity index (χ0n) is 9.56. The van der Waals surface area contributed by atoms with Crippen molar-refractivity contribution < 1.29 is 15.3 Å². The van der Waals surface area contributed by atoms with Gasteiger partial charge >= 0.3 is 0 Å². The summed E-state index contributed by atoms with van der Waals surface area (Å²) in [6.07, 6.45) is 1.57. The summed E-state index contributed by atoms with van der Waals surface area (Å²) in [5.74, 6) is -1.28. The molecule has 100 valence electrons. The zero-order chi connectivity index (χ0) is 14.0. The second-order valence-electron chi connectivity index (χ2n) is 3.79. The first kappa shape index (κ1) is 13.8. The number of anilines is 1. The lowest BCUT2D eigenvalue weighted by molar-refractivity contribution is 0.365. The zero-order valence-corrected chi connectivity index (χ0v) is 11.9. The largest absolute Gasteiger partial charge is 0.504 e. The first-order valence-corrected chi connectivity index (χ1v) is 6.44. The molecule has 2 rings (SSSR count). The maximum Gasteiger partial charge on any atom is 0.200 e. The van der Waals surface area contributed by atoms with Crippen LogP contribution in [0.2, 0.25) is 5.15 Å². The van der Waals surface area contributed by atoms with Gasteiger partial charge in [0, 0.05) is 22.8 Å². The molecule has 1 heterocycles. The highest BCUT2D eigenvalue weighted by molar-refractivity contribution is 9.10. The summed E-state index contributed by atoms with van der Waals surface area (Å²) in [6.45, 7) is 0.220. The predicted molar refractivity (Wildman–Crippen MR) is 75.7 cm³/mol. The van der Waals surface area contributed by atoms with E-state index in [4.69, 9.17) is 11.6 Å². The molecule has 0 amide bonds. The van der Waals surface area contributed by atoms with Crippen LogP contribution >= 0.6 is 27.5 Å². The Kier molecular flexibility index (Phi) is 4.01. The van der Waals surface area contributed by atoms with E-state index in [0.717, 1.165) is 4.47 Å². The minimum atomic E-state index is -0.544. The topological polar surface area (TPSA) is 85.6 Å². The van der Waals surface area contributed by atoms with E-state index < -0.39 is 5.75 Å². The first-order chi connectivity index (χ1) is 8.99.